The summed E-state index contributed by atoms with van der Waals surface area (Å²) >= 11 is 0. The summed E-state index contributed by atoms with van der Waals surface area (Å²) < 4.78 is 4.77. The molecule has 0 fully saturated rings. The molecule has 13 heavy (non-hydrogen) atoms. The number of carboxylic acids is 1. The van der Waals surface area contributed by atoms with E-state index in [1.807, 2.05) is 0 Å². The number of likely N-dealkylation sites (N-methyl/N-ethyl adjacent to an activating group) is 1. The Morgan fingerprint density at radius 1 is 1.46 bits per heavy atom. The van der Waals surface area contributed by atoms with Crippen molar-refractivity contribution in [1.29, 1.82) is 0 Å². The van der Waals surface area contributed by atoms with Crippen LogP contribution in [0.5, 0.6) is 0 Å². The monoisotopic (exact) mass is 189 g/mol. The lowest BCUT2D eigenvalue weighted by atomic mass is 10.3. The van der Waals surface area contributed by atoms with E-state index in [2.05, 4.69) is 0 Å². The van der Waals surface area contributed by atoms with Gasteiger partial charge in [0, 0.05) is 27.2 Å². The van der Waals surface area contributed by atoms with Crippen molar-refractivity contribution >= 4 is 11.9 Å². The summed E-state index contributed by atoms with van der Waals surface area (Å²) in [4.78, 5) is 22.6. The molecule has 1 N–H and O–H groups in total. The largest absolute Gasteiger partial charge is 0.480 e. The summed E-state index contributed by atoms with van der Waals surface area (Å²) in [6, 6.07) is 0. The third kappa shape index (κ3) is 6.10. The van der Waals surface area contributed by atoms with Crippen LogP contribution in [0.15, 0.2) is 0 Å². The van der Waals surface area contributed by atoms with Gasteiger partial charge in [-0.15, -0.1) is 0 Å². The number of carbonyl (C=O) groups is 2. The first-order valence-electron chi connectivity index (χ1n) is 4.02. The molecule has 0 unspecified atom stereocenters. The number of ether oxygens (including phenoxy) is 1. The molecule has 0 spiro atoms. The van der Waals surface area contributed by atoms with Crippen molar-refractivity contribution in [1.82, 2.24) is 4.90 Å². The fraction of sp³-hybridized carbons (Fsp3) is 0.750. The first-order chi connectivity index (χ1) is 6.07. The molecule has 0 heterocycles. The molecular weight excluding hydrogens is 174 g/mol. The van der Waals surface area contributed by atoms with Crippen molar-refractivity contribution in [2.24, 2.45) is 0 Å². The Bertz CT molecular complexity index is 181. The van der Waals surface area contributed by atoms with E-state index in [1.54, 1.807) is 7.11 Å². The van der Waals surface area contributed by atoms with Crippen molar-refractivity contribution in [3.63, 3.8) is 0 Å². The van der Waals surface area contributed by atoms with Crippen LogP contribution in [-0.2, 0) is 14.3 Å². The summed E-state index contributed by atoms with van der Waals surface area (Å²) in [5, 5.41) is 8.39. The van der Waals surface area contributed by atoms with Crippen LogP contribution in [0.1, 0.15) is 12.8 Å². The molecule has 5 nitrogen and oxygen atoms in total. The van der Waals surface area contributed by atoms with Crippen LogP contribution in [0.2, 0.25) is 0 Å². The van der Waals surface area contributed by atoms with Gasteiger partial charge in [0.25, 0.3) is 0 Å². The number of rotatable bonds is 6. The quantitative estimate of drug-likeness (QED) is 0.595. The lowest BCUT2D eigenvalue weighted by Crippen LogP contribution is -2.31. The van der Waals surface area contributed by atoms with E-state index in [-0.39, 0.29) is 12.5 Å². The zero-order chi connectivity index (χ0) is 10.3. The van der Waals surface area contributed by atoms with Crippen LogP contribution >= 0.6 is 0 Å². The second-order valence-electron chi connectivity index (χ2n) is 2.74. The van der Waals surface area contributed by atoms with E-state index in [0.29, 0.717) is 19.4 Å². The molecule has 0 atom stereocenters. The number of aliphatic carboxylic acids is 1. The molecular formula is C8H15NO4. The SMILES string of the molecule is COCCCC(=O)N(C)CC(=O)O. The Morgan fingerprint density at radius 3 is 2.54 bits per heavy atom. The van der Waals surface area contributed by atoms with E-state index in [1.165, 1.54) is 11.9 Å². The van der Waals surface area contributed by atoms with Crippen LogP contribution in [0.25, 0.3) is 0 Å². The lowest BCUT2D eigenvalue weighted by molar-refractivity contribution is -0.143. The second kappa shape index (κ2) is 6.42. The topological polar surface area (TPSA) is 66.8 Å². The zero-order valence-electron chi connectivity index (χ0n) is 7.95. The van der Waals surface area contributed by atoms with Gasteiger partial charge in [-0.05, 0) is 6.42 Å². The fourth-order valence-corrected chi connectivity index (χ4v) is 0.850. The van der Waals surface area contributed by atoms with Crippen molar-refractivity contribution in [2.75, 3.05) is 27.3 Å². The van der Waals surface area contributed by atoms with Crippen LogP contribution in [0.4, 0.5) is 0 Å². The highest BCUT2D eigenvalue weighted by atomic mass is 16.5. The maximum absolute atomic E-state index is 11.2. The van der Waals surface area contributed by atoms with Crippen molar-refractivity contribution in [2.45, 2.75) is 12.8 Å². The lowest BCUT2D eigenvalue weighted by Gasteiger charge is -2.13. The number of carboxylic acid groups (broad SMARTS) is 1. The predicted octanol–water partition coefficient (Wildman–Crippen LogP) is -0.0440. The number of carbonyl (C=O) groups excluding carboxylic acids is 1. The minimum Gasteiger partial charge on any atom is -0.480 e. The van der Waals surface area contributed by atoms with Gasteiger partial charge >= 0.3 is 5.97 Å². The van der Waals surface area contributed by atoms with E-state index in [0.717, 1.165) is 0 Å². The van der Waals surface area contributed by atoms with Gasteiger partial charge in [0.1, 0.15) is 6.54 Å². The molecule has 0 rings (SSSR count). The Morgan fingerprint density at radius 2 is 2.08 bits per heavy atom. The highest BCUT2D eigenvalue weighted by Crippen LogP contribution is 1.95. The third-order valence-electron chi connectivity index (χ3n) is 1.54. The van der Waals surface area contributed by atoms with Gasteiger partial charge in [-0.25, -0.2) is 0 Å². The predicted molar refractivity (Wildman–Crippen MR) is 46.4 cm³/mol. The molecule has 0 saturated heterocycles. The minimum atomic E-state index is -0.998. The summed E-state index contributed by atoms with van der Waals surface area (Å²) in [6.07, 6.45) is 0.955. The maximum atomic E-state index is 11.2. The number of amides is 1. The average Bonchev–Trinajstić information content (AvgIpc) is 2.03. The smallest absolute Gasteiger partial charge is 0.323 e. The first-order valence-corrected chi connectivity index (χ1v) is 4.02. The number of nitrogens with zero attached hydrogens (tertiary/aromatic N) is 1. The average molecular weight is 189 g/mol. The van der Waals surface area contributed by atoms with Crippen molar-refractivity contribution in [3.05, 3.63) is 0 Å². The molecule has 0 aromatic carbocycles. The Kier molecular flexibility index (Phi) is 5.88. The van der Waals surface area contributed by atoms with Crippen molar-refractivity contribution < 1.29 is 19.4 Å². The summed E-state index contributed by atoms with van der Waals surface area (Å²) in [7, 11) is 3.04. The van der Waals surface area contributed by atoms with Crippen LogP contribution in [0.3, 0.4) is 0 Å². The molecule has 0 saturated carbocycles. The van der Waals surface area contributed by atoms with Gasteiger partial charge in [-0.1, -0.05) is 0 Å². The van der Waals surface area contributed by atoms with Gasteiger partial charge in [0.15, 0.2) is 0 Å². The molecule has 0 bridgehead atoms. The summed E-state index contributed by atoms with van der Waals surface area (Å²) in [6.45, 7) is 0.276. The van der Waals surface area contributed by atoms with Crippen molar-refractivity contribution in [3.8, 4) is 0 Å². The molecule has 76 valence electrons. The Hall–Kier alpha value is -1.10. The van der Waals surface area contributed by atoms with Crippen LogP contribution in [-0.4, -0.2) is 49.2 Å². The Labute approximate surface area is 77.3 Å². The fourth-order valence-electron chi connectivity index (χ4n) is 0.850. The van der Waals surface area contributed by atoms with Gasteiger partial charge in [0.05, 0.1) is 0 Å². The normalized spacial score (nSPS) is 9.69. The third-order valence-corrected chi connectivity index (χ3v) is 1.54. The van der Waals surface area contributed by atoms with Gasteiger partial charge in [-0.2, -0.15) is 0 Å². The maximum Gasteiger partial charge on any atom is 0.323 e. The van der Waals surface area contributed by atoms with E-state index >= 15 is 0 Å². The van der Waals surface area contributed by atoms with Gasteiger partial charge < -0.3 is 14.7 Å². The Balaban J connectivity index is 3.63. The zero-order valence-corrected chi connectivity index (χ0v) is 7.95. The minimum absolute atomic E-state index is 0.167. The van der Waals surface area contributed by atoms with Crippen LogP contribution < -0.4 is 0 Å². The molecule has 0 aromatic rings. The molecule has 0 aliphatic rings. The molecule has 0 radical (unpaired) electrons. The first kappa shape index (κ1) is 11.9. The number of hydrogen-bond donors (Lipinski definition) is 1. The molecule has 1 amide bonds. The molecule has 0 aliphatic heterocycles. The van der Waals surface area contributed by atoms with Gasteiger partial charge in [0.2, 0.25) is 5.91 Å². The molecule has 0 aliphatic carbocycles. The summed E-state index contributed by atoms with van der Waals surface area (Å²) in [5.41, 5.74) is 0. The highest BCUT2D eigenvalue weighted by Gasteiger charge is 2.10. The second-order valence-corrected chi connectivity index (χ2v) is 2.74. The summed E-state index contributed by atoms with van der Waals surface area (Å²) in [5.74, 6) is -1.16. The van der Waals surface area contributed by atoms with E-state index < -0.39 is 5.97 Å². The molecule has 0 aromatic heterocycles. The highest BCUT2D eigenvalue weighted by molar-refractivity contribution is 5.80. The van der Waals surface area contributed by atoms with Gasteiger partial charge in [-0.3, -0.25) is 9.59 Å². The number of hydrogen-bond acceptors (Lipinski definition) is 3. The van der Waals surface area contributed by atoms with E-state index in [9.17, 15) is 9.59 Å². The van der Waals surface area contributed by atoms with Crippen LogP contribution in [0, 0.1) is 0 Å². The van der Waals surface area contributed by atoms with E-state index in [4.69, 9.17) is 9.84 Å². The standard InChI is InChI=1S/C8H15NO4/c1-9(6-8(11)12)7(10)4-3-5-13-2/h3-6H2,1-2H3,(H,11,12). The molecule has 5 heteroatoms. The number of methoxy groups -OCH3 is 1.